The molecular weight excluding hydrogens is 286 g/mol. The molecule has 7 heteroatoms. The number of rotatable bonds is 6. The molecule has 0 saturated heterocycles. The molecule has 0 spiro atoms. The smallest absolute Gasteiger partial charge is 0.226 e. The summed E-state index contributed by atoms with van der Waals surface area (Å²) in [5.74, 6) is 1.32. The molecule has 2 N–H and O–H groups in total. The lowest BCUT2D eigenvalue weighted by Crippen LogP contribution is -1.95. The molecule has 0 aliphatic heterocycles. The Bertz CT molecular complexity index is 694. The van der Waals surface area contributed by atoms with E-state index in [9.17, 15) is 0 Å². The first-order valence-electron chi connectivity index (χ1n) is 6.71. The van der Waals surface area contributed by atoms with Gasteiger partial charge in [-0.3, -0.25) is 4.98 Å². The molecule has 0 aliphatic rings. The van der Waals surface area contributed by atoms with Gasteiger partial charge in [-0.05, 0) is 25.0 Å². The highest BCUT2D eigenvalue weighted by Gasteiger charge is 2.08. The van der Waals surface area contributed by atoms with Gasteiger partial charge in [0, 0.05) is 23.7 Å². The summed E-state index contributed by atoms with van der Waals surface area (Å²) in [4.78, 5) is 12.9. The summed E-state index contributed by atoms with van der Waals surface area (Å²) in [7, 11) is 0. The predicted octanol–water partition coefficient (Wildman–Crippen LogP) is 2.27. The highest BCUT2D eigenvalue weighted by molar-refractivity contribution is 7.13. The van der Waals surface area contributed by atoms with Crippen molar-refractivity contribution in [1.29, 1.82) is 0 Å². The fourth-order valence-corrected chi connectivity index (χ4v) is 2.58. The molecule has 3 heterocycles. The summed E-state index contributed by atoms with van der Waals surface area (Å²) < 4.78 is 5.25. The molecule has 0 fully saturated rings. The monoisotopic (exact) mass is 301 g/mol. The summed E-state index contributed by atoms with van der Waals surface area (Å²) in [6.45, 7) is 0. The first kappa shape index (κ1) is 13.7. The number of aromatic nitrogens is 4. The minimum absolute atomic E-state index is 0.590. The van der Waals surface area contributed by atoms with Crippen molar-refractivity contribution in [2.45, 2.75) is 25.7 Å². The van der Waals surface area contributed by atoms with Crippen LogP contribution in [0.1, 0.15) is 29.5 Å². The maximum atomic E-state index is 5.60. The van der Waals surface area contributed by atoms with Gasteiger partial charge in [0.25, 0.3) is 0 Å². The fraction of sp³-hybridized carbons (Fsp3) is 0.286. The van der Waals surface area contributed by atoms with E-state index >= 15 is 0 Å². The van der Waals surface area contributed by atoms with Crippen molar-refractivity contribution in [1.82, 2.24) is 20.1 Å². The Morgan fingerprint density at radius 1 is 1.14 bits per heavy atom. The fourth-order valence-electron chi connectivity index (χ4n) is 1.99. The lowest BCUT2D eigenvalue weighted by Gasteiger charge is -1.94. The first-order chi connectivity index (χ1) is 10.3. The second-order valence-corrected chi connectivity index (χ2v) is 5.52. The Morgan fingerprint density at radius 2 is 2.10 bits per heavy atom. The molecule has 0 aromatic carbocycles. The van der Waals surface area contributed by atoms with E-state index in [2.05, 4.69) is 20.1 Å². The Balaban J connectivity index is 1.51. The van der Waals surface area contributed by atoms with Crippen LogP contribution < -0.4 is 5.73 Å². The normalized spacial score (nSPS) is 10.9. The first-order valence-corrected chi connectivity index (χ1v) is 7.59. The van der Waals surface area contributed by atoms with Crippen molar-refractivity contribution in [3.8, 4) is 0 Å². The van der Waals surface area contributed by atoms with E-state index < -0.39 is 0 Å². The van der Waals surface area contributed by atoms with E-state index in [1.807, 2.05) is 23.6 Å². The third-order valence-electron chi connectivity index (χ3n) is 2.97. The van der Waals surface area contributed by atoms with Crippen LogP contribution in [0.4, 0.5) is 5.13 Å². The van der Waals surface area contributed by atoms with Gasteiger partial charge in [-0.1, -0.05) is 11.2 Å². The highest BCUT2D eigenvalue weighted by atomic mass is 32.1. The Hall–Kier alpha value is -2.28. The van der Waals surface area contributed by atoms with Gasteiger partial charge in [0.2, 0.25) is 5.89 Å². The number of pyridine rings is 1. The number of thiazole rings is 1. The lowest BCUT2D eigenvalue weighted by atomic mass is 10.2. The zero-order valence-corrected chi connectivity index (χ0v) is 12.2. The summed E-state index contributed by atoms with van der Waals surface area (Å²) in [6.07, 6.45) is 4.87. The van der Waals surface area contributed by atoms with E-state index in [1.165, 1.54) is 11.3 Å². The second kappa shape index (κ2) is 6.45. The molecule has 21 heavy (non-hydrogen) atoms. The van der Waals surface area contributed by atoms with Crippen molar-refractivity contribution in [3.63, 3.8) is 0 Å². The maximum absolute atomic E-state index is 5.60. The third kappa shape index (κ3) is 3.85. The van der Waals surface area contributed by atoms with Gasteiger partial charge in [0.1, 0.15) is 0 Å². The molecule has 0 atom stereocenters. The predicted molar refractivity (Wildman–Crippen MR) is 79.9 cm³/mol. The Kier molecular flexibility index (Phi) is 4.20. The summed E-state index contributed by atoms with van der Waals surface area (Å²) in [5, 5.41) is 6.57. The van der Waals surface area contributed by atoms with Crippen molar-refractivity contribution in [2.75, 3.05) is 5.73 Å². The van der Waals surface area contributed by atoms with Crippen LogP contribution in [-0.2, 0) is 19.3 Å². The topological polar surface area (TPSA) is 90.7 Å². The van der Waals surface area contributed by atoms with Crippen molar-refractivity contribution >= 4 is 16.5 Å². The van der Waals surface area contributed by atoms with Gasteiger partial charge in [-0.25, -0.2) is 4.98 Å². The summed E-state index contributed by atoms with van der Waals surface area (Å²) in [6, 6.07) is 5.78. The van der Waals surface area contributed by atoms with Crippen molar-refractivity contribution in [3.05, 3.63) is 52.9 Å². The van der Waals surface area contributed by atoms with Gasteiger partial charge in [0.15, 0.2) is 11.0 Å². The van der Waals surface area contributed by atoms with Crippen LogP contribution in [0.25, 0.3) is 0 Å². The van der Waals surface area contributed by atoms with Gasteiger partial charge in [0.05, 0.1) is 12.1 Å². The van der Waals surface area contributed by atoms with Crippen molar-refractivity contribution < 1.29 is 4.52 Å². The van der Waals surface area contributed by atoms with Gasteiger partial charge in [-0.2, -0.15) is 4.98 Å². The number of anilines is 1. The Morgan fingerprint density at radius 3 is 2.86 bits per heavy atom. The quantitative estimate of drug-likeness (QED) is 0.751. The number of aryl methyl sites for hydroxylation is 2. The maximum Gasteiger partial charge on any atom is 0.226 e. The molecule has 0 bridgehead atoms. The van der Waals surface area contributed by atoms with E-state index in [1.54, 1.807) is 6.20 Å². The SMILES string of the molecule is Nc1nc(CCCc2nc(Cc3ccccn3)no2)cs1. The Labute approximate surface area is 126 Å². The van der Waals surface area contributed by atoms with Crippen LogP contribution in [0, 0.1) is 0 Å². The zero-order chi connectivity index (χ0) is 14.5. The van der Waals surface area contributed by atoms with E-state index in [0.29, 0.717) is 23.3 Å². The molecule has 3 aromatic rings. The van der Waals surface area contributed by atoms with E-state index in [0.717, 1.165) is 30.7 Å². The van der Waals surface area contributed by atoms with Crippen LogP contribution in [0.5, 0.6) is 0 Å². The van der Waals surface area contributed by atoms with E-state index in [-0.39, 0.29) is 0 Å². The molecule has 0 radical (unpaired) electrons. The molecule has 3 aromatic heterocycles. The number of hydrogen-bond donors (Lipinski definition) is 1. The number of nitrogens with two attached hydrogens (primary N) is 1. The van der Waals surface area contributed by atoms with E-state index in [4.69, 9.17) is 10.3 Å². The summed E-state index contributed by atoms with van der Waals surface area (Å²) >= 11 is 1.46. The average Bonchev–Trinajstić information content (AvgIpc) is 3.10. The minimum Gasteiger partial charge on any atom is -0.375 e. The molecule has 0 aliphatic carbocycles. The second-order valence-electron chi connectivity index (χ2n) is 4.63. The molecule has 0 amide bonds. The van der Waals surface area contributed by atoms with Crippen LogP contribution in [-0.4, -0.2) is 20.1 Å². The van der Waals surface area contributed by atoms with Gasteiger partial charge in [-0.15, -0.1) is 11.3 Å². The number of nitrogens with zero attached hydrogens (tertiary/aromatic N) is 4. The largest absolute Gasteiger partial charge is 0.375 e. The average molecular weight is 301 g/mol. The van der Waals surface area contributed by atoms with Crippen LogP contribution in [0.3, 0.4) is 0 Å². The molecule has 0 unspecified atom stereocenters. The van der Waals surface area contributed by atoms with Gasteiger partial charge < -0.3 is 10.3 Å². The molecular formula is C14H15N5OS. The molecule has 3 rings (SSSR count). The summed E-state index contributed by atoms with van der Waals surface area (Å²) in [5.41, 5.74) is 7.55. The standard InChI is InChI=1S/C14H15N5OS/c15-14-17-11(9-21-14)5-3-6-13-18-12(19-20-13)8-10-4-1-2-7-16-10/h1-2,4,7,9H,3,5-6,8H2,(H2,15,17). The lowest BCUT2D eigenvalue weighted by molar-refractivity contribution is 0.371. The number of nitrogen functional groups attached to an aromatic ring is 1. The minimum atomic E-state index is 0.590. The van der Waals surface area contributed by atoms with Crippen molar-refractivity contribution in [2.24, 2.45) is 0 Å². The number of hydrogen-bond acceptors (Lipinski definition) is 7. The van der Waals surface area contributed by atoms with Crippen LogP contribution >= 0.6 is 11.3 Å². The molecule has 0 saturated carbocycles. The molecule has 6 nitrogen and oxygen atoms in total. The highest BCUT2D eigenvalue weighted by Crippen LogP contribution is 2.13. The van der Waals surface area contributed by atoms with Gasteiger partial charge >= 0.3 is 0 Å². The zero-order valence-electron chi connectivity index (χ0n) is 11.4. The molecule has 108 valence electrons. The van der Waals surface area contributed by atoms with Crippen LogP contribution in [0.15, 0.2) is 34.3 Å². The third-order valence-corrected chi connectivity index (χ3v) is 3.69. The van der Waals surface area contributed by atoms with Crippen LogP contribution in [0.2, 0.25) is 0 Å².